The van der Waals surface area contributed by atoms with Crippen LogP contribution in [0.2, 0.25) is 0 Å². The van der Waals surface area contributed by atoms with E-state index in [4.69, 9.17) is 0 Å². The first-order chi connectivity index (χ1) is 23.3. The van der Waals surface area contributed by atoms with Crippen LogP contribution in [-0.2, 0) is 6.42 Å². The Morgan fingerprint density at radius 3 is 2.04 bits per heavy atom. The summed E-state index contributed by atoms with van der Waals surface area (Å²) in [5.74, 6) is 0.600. The molecule has 8 aromatic carbocycles. The van der Waals surface area contributed by atoms with Crippen molar-refractivity contribution in [2.75, 3.05) is 0 Å². The van der Waals surface area contributed by atoms with E-state index in [2.05, 4.69) is 169 Å². The Kier molecular flexibility index (Phi) is 5.75. The van der Waals surface area contributed by atoms with Gasteiger partial charge in [0.15, 0.2) is 0 Å². The largest absolute Gasteiger partial charge is 0.308 e. The van der Waals surface area contributed by atoms with Gasteiger partial charge in [-0.3, -0.25) is 0 Å². The molecule has 0 bridgehead atoms. The third kappa shape index (κ3) is 3.84. The fourth-order valence-electron chi connectivity index (χ4n) is 8.75. The van der Waals surface area contributed by atoms with Gasteiger partial charge in [-0.1, -0.05) is 153 Å². The minimum Gasteiger partial charge on any atom is -0.308 e. The third-order valence-corrected chi connectivity index (χ3v) is 10.9. The van der Waals surface area contributed by atoms with Gasteiger partial charge in [-0.2, -0.15) is 0 Å². The molecule has 1 heterocycles. The van der Waals surface area contributed by atoms with Crippen molar-refractivity contribution < 1.29 is 0 Å². The van der Waals surface area contributed by atoms with Crippen LogP contribution in [0.5, 0.6) is 0 Å². The number of hydrogen-bond acceptors (Lipinski definition) is 0. The van der Waals surface area contributed by atoms with E-state index >= 15 is 0 Å². The summed E-state index contributed by atoms with van der Waals surface area (Å²) in [6, 6.07) is 58.8. The second-order valence-corrected chi connectivity index (χ2v) is 13.3. The van der Waals surface area contributed by atoms with E-state index in [0.717, 1.165) is 6.42 Å². The predicted octanol–water partition coefficient (Wildman–Crippen LogP) is 12.4. The van der Waals surface area contributed by atoms with Gasteiger partial charge in [0, 0.05) is 16.2 Å². The Morgan fingerprint density at radius 1 is 0.511 bits per heavy atom. The van der Waals surface area contributed by atoms with E-state index in [9.17, 15) is 0 Å². The summed E-state index contributed by atoms with van der Waals surface area (Å²) < 4.78 is 2.61. The van der Waals surface area contributed by atoms with Crippen molar-refractivity contribution in [2.45, 2.75) is 25.2 Å². The van der Waals surface area contributed by atoms with Crippen LogP contribution in [-0.4, -0.2) is 4.57 Å². The van der Waals surface area contributed by atoms with Crippen molar-refractivity contribution in [1.82, 2.24) is 4.57 Å². The minimum atomic E-state index is 0.296. The lowest BCUT2D eigenvalue weighted by molar-refractivity contribution is 0.573. The lowest BCUT2D eigenvalue weighted by Gasteiger charge is -2.34. The van der Waals surface area contributed by atoms with Gasteiger partial charge >= 0.3 is 0 Å². The van der Waals surface area contributed by atoms with Crippen molar-refractivity contribution in [3.63, 3.8) is 0 Å². The second-order valence-electron chi connectivity index (χ2n) is 13.3. The van der Waals surface area contributed by atoms with Crippen molar-refractivity contribution in [2.24, 2.45) is 0 Å². The van der Waals surface area contributed by atoms with Gasteiger partial charge in [-0.15, -0.1) is 0 Å². The highest BCUT2D eigenvalue weighted by Gasteiger charge is 2.34. The molecule has 222 valence electrons. The quantitative estimate of drug-likeness (QED) is 0.178. The first-order valence-electron chi connectivity index (χ1n) is 16.8. The molecule has 2 unspecified atom stereocenters. The molecular weight excluding hydrogens is 567 g/mol. The molecule has 0 radical (unpaired) electrons. The van der Waals surface area contributed by atoms with Crippen LogP contribution in [0.1, 0.15) is 35.4 Å². The number of fused-ring (bicyclic) bond motifs is 11. The Bertz CT molecular complexity index is 2690. The summed E-state index contributed by atoms with van der Waals surface area (Å²) >= 11 is 0. The van der Waals surface area contributed by atoms with Gasteiger partial charge in [0.05, 0.1) is 16.7 Å². The molecule has 1 aliphatic rings. The molecule has 9 aromatic rings. The summed E-state index contributed by atoms with van der Waals surface area (Å²) in [4.78, 5) is 0. The Morgan fingerprint density at radius 2 is 1.17 bits per heavy atom. The second kappa shape index (κ2) is 10.2. The highest BCUT2D eigenvalue weighted by Crippen LogP contribution is 2.51. The summed E-state index contributed by atoms with van der Waals surface area (Å²) in [6.45, 7) is 2.46. The van der Waals surface area contributed by atoms with Crippen molar-refractivity contribution >= 4 is 54.1 Å². The van der Waals surface area contributed by atoms with Gasteiger partial charge in [-0.25, -0.2) is 0 Å². The van der Waals surface area contributed by atoms with Crippen molar-refractivity contribution in [3.8, 4) is 16.8 Å². The standard InChI is InChI=1S/C46H33N/c1-29(33-23-12-16-30-13-2-5-17-34(30)33)42-27-31-14-3-7-19-36(31)40-25-26-41-39-22-10-11-24-43(39)47(46(41)45(40)42)44-28-32-15-4-6-18-35(32)37-20-8-9-21-38(37)44/h2-26,28-29,42H,27H2,1H3. The number of benzene rings is 8. The Balaban J connectivity index is 1.36. The highest BCUT2D eigenvalue weighted by atomic mass is 15.0. The van der Waals surface area contributed by atoms with Crippen LogP contribution < -0.4 is 0 Å². The zero-order chi connectivity index (χ0) is 31.1. The van der Waals surface area contributed by atoms with E-state index in [-0.39, 0.29) is 0 Å². The van der Waals surface area contributed by atoms with E-state index in [1.54, 1.807) is 0 Å². The van der Waals surface area contributed by atoms with Gasteiger partial charge in [-0.05, 0) is 85.1 Å². The molecule has 0 spiro atoms. The molecule has 2 atom stereocenters. The molecule has 10 rings (SSSR count). The Labute approximate surface area is 274 Å². The SMILES string of the molecule is CC(c1cccc2ccccc12)C1Cc2ccccc2-c2ccc3c4ccccc4n(-c4cc5ccccc5c5ccccc45)c3c21. The lowest BCUT2D eigenvalue weighted by atomic mass is 9.70. The summed E-state index contributed by atoms with van der Waals surface area (Å²) in [6.07, 6.45) is 1.01. The number of aromatic nitrogens is 1. The van der Waals surface area contributed by atoms with Crippen LogP contribution in [0.25, 0.3) is 70.9 Å². The van der Waals surface area contributed by atoms with Gasteiger partial charge in [0.25, 0.3) is 0 Å². The third-order valence-electron chi connectivity index (χ3n) is 10.9. The van der Waals surface area contributed by atoms with Crippen LogP contribution in [0.3, 0.4) is 0 Å². The van der Waals surface area contributed by atoms with Crippen LogP contribution in [0, 0.1) is 0 Å². The topological polar surface area (TPSA) is 4.93 Å². The average Bonchev–Trinajstić information content (AvgIpc) is 3.48. The minimum absolute atomic E-state index is 0.296. The normalized spacial score (nSPS) is 15.0. The zero-order valence-corrected chi connectivity index (χ0v) is 26.3. The fraction of sp³-hybridized carbons (Fsp3) is 0.0870. The molecule has 1 aromatic heterocycles. The van der Waals surface area contributed by atoms with Gasteiger partial charge in [0.2, 0.25) is 0 Å². The maximum atomic E-state index is 2.61. The number of hydrogen-bond donors (Lipinski definition) is 0. The summed E-state index contributed by atoms with van der Waals surface area (Å²) in [5.41, 5.74) is 10.9. The van der Waals surface area contributed by atoms with E-state index in [0.29, 0.717) is 11.8 Å². The van der Waals surface area contributed by atoms with Crippen LogP contribution >= 0.6 is 0 Å². The molecule has 0 aliphatic heterocycles. The summed E-state index contributed by atoms with van der Waals surface area (Å²) in [5, 5.41) is 10.4. The fourth-order valence-corrected chi connectivity index (χ4v) is 8.75. The van der Waals surface area contributed by atoms with Crippen molar-refractivity contribution in [1.29, 1.82) is 0 Å². The smallest absolute Gasteiger partial charge is 0.0582 e. The first-order valence-corrected chi connectivity index (χ1v) is 16.8. The van der Waals surface area contributed by atoms with Crippen LogP contribution in [0.4, 0.5) is 0 Å². The first kappa shape index (κ1) is 26.5. The van der Waals surface area contributed by atoms with Crippen LogP contribution in [0.15, 0.2) is 158 Å². The molecule has 0 amide bonds. The molecule has 0 N–H and O–H groups in total. The number of para-hydroxylation sites is 1. The predicted molar refractivity (Wildman–Crippen MR) is 200 cm³/mol. The zero-order valence-electron chi connectivity index (χ0n) is 26.3. The molecule has 0 saturated carbocycles. The number of nitrogens with zero attached hydrogens (tertiary/aromatic N) is 1. The monoisotopic (exact) mass is 599 g/mol. The molecule has 0 saturated heterocycles. The number of rotatable bonds is 3. The molecular formula is C46H33N. The molecule has 0 fully saturated rings. The maximum Gasteiger partial charge on any atom is 0.0582 e. The highest BCUT2D eigenvalue weighted by molar-refractivity contribution is 6.16. The van der Waals surface area contributed by atoms with Gasteiger partial charge < -0.3 is 4.57 Å². The lowest BCUT2D eigenvalue weighted by Crippen LogP contribution is -2.18. The maximum absolute atomic E-state index is 2.61. The van der Waals surface area contributed by atoms with E-state index in [1.165, 1.54) is 87.6 Å². The Hall–Kier alpha value is -5.66. The van der Waals surface area contributed by atoms with Gasteiger partial charge in [0.1, 0.15) is 0 Å². The summed E-state index contributed by atoms with van der Waals surface area (Å²) in [7, 11) is 0. The molecule has 47 heavy (non-hydrogen) atoms. The average molecular weight is 600 g/mol. The molecule has 1 nitrogen and oxygen atoms in total. The molecule has 1 heteroatoms. The van der Waals surface area contributed by atoms with E-state index < -0.39 is 0 Å². The van der Waals surface area contributed by atoms with E-state index in [1.807, 2.05) is 0 Å². The van der Waals surface area contributed by atoms with Crippen molar-refractivity contribution in [3.05, 3.63) is 174 Å². The molecule has 1 aliphatic carbocycles.